The minimum atomic E-state index is 0.705. The van der Waals surface area contributed by atoms with E-state index in [9.17, 15) is 0 Å². The minimum absolute atomic E-state index is 0.705. The van der Waals surface area contributed by atoms with Crippen LogP contribution in [0, 0.1) is 5.92 Å². The molecule has 1 atom stereocenters. The van der Waals surface area contributed by atoms with E-state index in [1.165, 1.54) is 51.7 Å². The second-order valence-corrected chi connectivity index (χ2v) is 6.18. The van der Waals surface area contributed by atoms with Crippen molar-refractivity contribution in [3.05, 3.63) is 0 Å². The van der Waals surface area contributed by atoms with E-state index in [1.54, 1.807) is 0 Å². The molecule has 1 unspecified atom stereocenters. The highest BCUT2D eigenvalue weighted by molar-refractivity contribution is 4.79. The van der Waals surface area contributed by atoms with E-state index in [4.69, 9.17) is 0 Å². The summed E-state index contributed by atoms with van der Waals surface area (Å²) in [5.41, 5.74) is 0. The summed E-state index contributed by atoms with van der Waals surface area (Å²) >= 11 is 0. The molecule has 0 aliphatic carbocycles. The molecule has 0 aromatic heterocycles. The van der Waals surface area contributed by atoms with Gasteiger partial charge in [0, 0.05) is 18.6 Å². The third-order valence-corrected chi connectivity index (χ3v) is 3.72. The molecule has 0 saturated carbocycles. The summed E-state index contributed by atoms with van der Waals surface area (Å²) in [7, 11) is 0. The van der Waals surface area contributed by atoms with Crippen LogP contribution in [0.25, 0.3) is 0 Å². The molecule has 102 valence electrons. The Bertz CT molecular complexity index is 183. The van der Waals surface area contributed by atoms with Crippen molar-refractivity contribution < 1.29 is 0 Å². The van der Waals surface area contributed by atoms with Crippen molar-refractivity contribution in [2.45, 2.75) is 71.9 Å². The first-order chi connectivity index (χ1) is 8.11. The molecule has 2 nitrogen and oxygen atoms in total. The molecule has 0 aromatic carbocycles. The van der Waals surface area contributed by atoms with Gasteiger partial charge in [0.1, 0.15) is 0 Å². The lowest BCUT2D eigenvalue weighted by Crippen LogP contribution is -2.46. The highest BCUT2D eigenvalue weighted by Gasteiger charge is 2.20. The smallest absolute Gasteiger partial charge is 0.00938 e. The zero-order valence-corrected chi connectivity index (χ0v) is 12.3. The average Bonchev–Trinajstić information content (AvgIpc) is 2.28. The number of nitrogens with zero attached hydrogens (tertiary/aromatic N) is 1. The van der Waals surface area contributed by atoms with E-state index in [1.807, 2.05) is 0 Å². The summed E-state index contributed by atoms with van der Waals surface area (Å²) < 4.78 is 0. The van der Waals surface area contributed by atoms with Crippen molar-refractivity contribution in [2.24, 2.45) is 5.92 Å². The van der Waals surface area contributed by atoms with E-state index in [0.29, 0.717) is 6.04 Å². The Morgan fingerprint density at radius 1 is 1.18 bits per heavy atom. The SMILES string of the molecule is CCCCC(C)NC1CCN(CC(C)C)CC1. The molecule has 1 N–H and O–H groups in total. The van der Waals surface area contributed by atoms with Crippen molar-refractivity contribution in [1.29, 1.82) is 0 Å². The van der Waals surface area contributed by atoms with Gasteiger partial charge in [-0.1, -0.05) is 33.6 Å². The van der Waals surface area contributed by atoms with Gasteiger partial charge in [0.25, 0.3) is 0 Å². The Kier molecular flexibility index (Phi) is 7.14. The van der Waals surface area contributed by atoms with Gasteiger partial charge in [-0.2, -0.15) is 0 Å². The van der Waals surface area contributed by atoms with Crippen LogP contribution in [0.4, 0.5) is 0 Å². The van der Waals surface area contributed by atoms with Crippen LogP contribution >= 0.6 is 0 Å². The fraction of sp³-hybridized carbons (Fsp3) is 1.00. The van der Waals surface area contributed by atoms with Crippen LogP contribution in [0.2, 0.25) is 0 Å². The van der Waals surface area contributed by atoms with E-state index in [-0.39, 0.29) is 0 Å². The molecule has 17 heavy (non-hydrogen) atoms. The molecule has 0 radical (unpaired) electrons. The Labute approximate surface area is 108 Å². The van der Waals surface area contributed by atoms with Gasteiger partial charge in [-0.3, -0.25) is 0 Å². The monoisotopic (exact) mass is 240 g/mol. The average molecular weight is 240 g/mol. The second kappa shape index (κ2) is 8.10. The third kappa shape index (κ3) is 6.42. The first-order valence-electron chi connectivity index (χ1n) is 7.60. The summed E-state index contributed by atoms with van der Waals surface area (Å²) in [4.78, 5) is 2.62. The molecule has 0 aromatic rings. The van der Waals surface area contributed by atoms with Gasteiger partial charge in [-0.25, -0.2) is 0 Å². The molecular formula is C15H32N2. The Morgan fingerprint density at radius 3 is 2.35 bits per heavy atom. The largest absolute Gasteiger partial charge is 0.311 e. The van der Waals surface area contributed by atoms with Crippen LogP contribution in [0.15, 0.2) is 0 Å². The molecular weight excluding hydrogens is 208 g/mol. The van der Waals surface area contributed by atoms with Gasteiger partial charge in [0.2, 0.25) is 0 Å². The maximum Gasteiger partial charge on any atom is 0.00938 e. The highest BCUT2D eigenvalue weighted by atomic mass is 15.1. The molecule has 0 bridgehead atoms. The lowest BCUT2D eigenvalue weighted by atomic mass is 10.0. The van der Waals surface area contributed by atoms with Gasteiger partial charge in [0.05, 0.1) is 0 Å². The summed E-state index contributed by atoms with van der Waals surface area (Å²) in [5.74, 6) is 0.808. The van der Waals surface area contributed by atoms with Crippen molar-refractivity contribution in [3.63, 3.8) is 0 Å². The lowest BCUT2D eigenvalue weighted by molar-refractivity contribution is 0.174. The molecule has 2 heteroatoms. The predicted octanol–water partition coefficient (Wildman–Crippen LogP) is 3.28. The van der Waals surface area contributed by atoms with Crippen LogP contribution in [0.1, 0.15) is 59.8 Å². The maximum absolute atomic E-state index is 3.80. The molecule has 1 aliphatic rings. The maximum atomic E-state index is 3.80. The topological polar surface area (TPSA) is 15.3 Å². The fourth-order valence-corrected chi connectivity index (χ4v) is 2.79. The van der Waals surface area contributed by atoms with Gasteiger partial charge >= 0.3 is 0 Å². The van der Waals surface area contributed by atoms with Crippen molar-refractivity contribution in [1.82, 2.24) is 10.2 Å². The Hall–Kier alpha value is -0.0800. The molecule has 1 fully saturated rings. The zero-order valence-electron chi connectivity index (χ0n) is 12.3. The van der Waals surface area contributed by atoms with Gasteiger partial charge in [-0.05, 0) is 45.2 Å². The number of hydrogen-bond donors (Lipinski definition) is 1. The van der Waals surface area contributed by atoms with E-state index in [2.05, 4.69) is 37.9 Å². The van der Waals surface area contributed by atoms with Gasteiger partial charge in [0.15, 0.2) is 0 Å². The third-order valence-electron chi connectivity index (χ3n) is 3.72. The molecule has 0 amide bonds. The van der Waals surface area contributed by atoms with E-state index >= 15 is 0 Å². The normalized spacial score (nSPS) is 21.0. The van der Waals surface area contributed by atoms with Crippen molar-refractivity contribution in [3.8, 4) is 0 Å². The number of piperidine rings is 1. The molecule has 1 saturated heterocycles. The first-order valence-corrected chi connectivity index (χ1v) is 7.60. The van der Waals surface area contributed by atoms with Crippen LogP contribution in [0.5, 0.6) is 0 Å². The Balaban J connectivity index is 2.14. The standard InChI is InChI=1S/C15H32N2/c1-5-6-7-14(4)16-15-8-10-17(11-9-15)12-13(2)3/h13-16H,5-12H2,1-4H3. The van der Waals surface area contributed by atoms with Crippen LogP contribution in [-0.2, 0) is 0 Å². The van der Waals surface area contributed by atoms with Crippen LogP contribution in [-0.4, -0.2) is 36.6 Å². The second-order valence-electron chi connectivity index (χ2n) is 6.18. The first kappa shape index (κ1) is 15.0. The number of hydrogen-bond acceptors (Lipinski definition) is 2. The fourth-order valence-electron chi connectivity index (χ4n) is 2.79. The minimum Gasteiger partial charge on any atom is -0.311 e. The lowest BCUT2D eigenvalue weighted by Gasteiger charge is -2.34. The predicted molar refractivity (Wildman–Crippen MR) is 76.4 cm³/mol. The number of unbranched alkanes of at least 4 members (excludes halogenated alkanes) is 1. The summed E-state index contributed by atoms with van der Waals surface area (Å²) in [6.07, 6.45) is 6.69. The molecule has 1 aliphatic heterocycles. The van der Waals surface area contributed by atoms with Gasteiger partial charge < -0.3 is 10.2 Å². The van der Waals surface area contributed by atoms with E-state index in [0.717, 1.165) is 12.0 Å². The number of nitrogens with one attached hydrogen (secondary N) is 1. The summed E-state index contributed by atoms with van der Waals surface area (Å²) in [6, 6.07) is 1.47. The van der Waals surface area contributed by atoms with Crippen molar-refractivity contribution in [2.75, 3.05) is 19.6 Å². The summed E-state index contributed by atoms with van der Waals surface area (Å²) in [6.45, 7) is 13.1. The van der Waals surface area contributed by atoms with Crippen molar-refractivity contribution >= 4 is 0 Å². The molecule has 1 rings (SSSR count). The number of likely N-dealkylation sites (tertiary alicyclic amines) is 1. The highest BCUT2D eigenvalue weighted by Crippen LogP contribution is 2.13. The zero-order chi connectivity index (χ0) is 12.7. The van der Waals surface area contributed by atoms with Crippen LogP contribution < -0.4 is 5.32 Å². The number of rotatable bonds is 7. The Morgan fingerprint density at radius 2 is 1.82 bits per heavy atom. The summed E-state index contributed by atoms with van der Waals surface area (Å²) in [5, 5.41) is 3.80. The quantitative estimate of drug-likeness (QED) is 0.735. The van der Waals surface area contributed by atoms with Gasteiger partial charge in [-0.15, -0.1) is 0 Å². The van der Waals surface area contributed by atoms with E-state index < -0.39 is 0 Å². The van der Waals surface area contributed by atoms with Crippen LogP contribution in [0.3, 0.4) is 0 Å². The molecule has 0 spiro atoms. The molecule has 1 heterocycles.